The fourth-order valence-electron chi connectivity index (χ4n) is 2.60. The van der Waals surface area contributed by atoms with Crippen molar-refractivity contribution in [1.29, 1.82) is 0 Å². The minimum atomic E-state index is -0.197. The first-order valence-corrected chi connectivity index (χ1v) is 9.93. The van der Waals surface area contributed by atoms with Gasteiger partial charge in [0.2, 0.25) is 0 Å². The van der Waals surface area contributed by atoms with Gasteiger partial charge in [-0.2, -0.15) is 0 Å². The number of carbonyl (C=O) groups excluding carboxylic acids is 1. The van der Waals surface area contributed by atoms with Crippen molar-refractivity contribution in [1.82, 2.24) is 9.88 Å². The zero-order valence-electron chi connectivity index (χ0n) is 17.4. The van der Waals surface area contributed by atoms with E-state index in [1.54, 1.807) is 18.2 Å². The molecule has 0 saturated heterocycles. The number of aryl methyl sites for hydroxylation is 1. The number of pyridine rings is 1. The quantitative estimate of drug-likeness (QED) is 0.529. The second-order valence-corrected chi connectivity index (χ2v) is 7.21. The molecule has 0 radical (unpaired) electrons. The molecule has 2 rings (SSSR count). The molecule has 0 fully saturated rings. The van der Waals surface area contributed by atoms with Crippen LogP contribution in [0.25, 0.3) is 0 Å². The summed E-state index contributed by atoms with van der Waals surface area (Å²) in [6, 6.07) is 10.7. The monoisotopic (exact) mass is 413 g/mol. The van der Waals surface area contributed by atoms with E-state index in [9.17, 15) is 4.79 Å². The minimum absolute atomic E-state index is 0.197. The summed E-state index contributed by atoms with van der Waals surface area (Å²) in [7, 11) is 1.87. The lowest BCUT2D eigenvalue weighted by molar-refractivity contribution is 0.0952. The first-order chi connectivity index (χ1) is 13.8. The normalized spacial score (nSPS) is 13.3. The zero-order valence-corrected chi connectivity index (χ0v) is 18.1. The summed E-state index contributed by atoms with van der Waals surface area (Å²) in [5.74, 6) is 0.228. The summed E-state index contributed by atoms with van der Waals surface area (Å²) in [5.41, 5.74) is 9.90. The van der Waals surface area contributed by atoms with Gasteiger partial charge in [0.15, 0.2) is 0 Å². The molecular formula is C22H28ClN5O. The van der Waals surface area contributed by atoms with Crippen molar-refractivity contribution in [2.45, 2.75) is 33.6 Å². The highest BCUT2D eigenvalue weighted by Crippen LogP contribution is 2.17. The number of nitrogens with two attached hydrogens (primary N) is 1. The van der Waals surface area contributed by atoms with Crippen molar-refractivity contribution in [3.05, 3.63) is 69.9 Å². The number of aliphatic imine (C=N–C) groups is 1. The molecule has 0 aliphatic heterocycles. The predicted octanol–water partition coefficient (Wildman–Crippen LogP) is 4.09. The Labute approximate surface area is 176 Å². The van der Waals surface area contributed by atoms with Gasteiger partial charge in [-0.15, -0.1) is 0 Å². The van der Waals surface area contributed by atoms with Gasteiger partial charge in [0.05, 0.1) is 11.3 Å². The molecule has 0 spiro atoms. The molecule has 1 amide bonds. The number of aromatic nitrogens is 1. The Morgan fingerprint density at radius 1 is 1.24 bits per heavy atom. The summed E-state index contributed by atoms with van der Waals surface area (Å²) >= 11 is 5.95. The molecule has 7 heteroatoms. The largest absolute Gasteiger partial charge is 0.387 e. The van der Waals surface area contributed by atoms with E-state index >= 15 is 0 Å². The summed E-state index contributed by atoms with van der Waals surface area (Å²) in [6.45, 7) is 6.46. The highest BCUT2D eigenvalue weighted by Gasteiger charge is 2.10. The lowest BCUT2D eigenvalue weighted by atomic mass is 10.2. The maximum Gasteiger partial charge on any atom is 0.255 e. The lowest BCUT2D eigenvalue weighted by Crippen LogP contribution is -2.34. The van der Waals surface area contributed by atoms with E-state index < -0.39 is 0 Å². The van der Waals surface area contributed by atoms with Crippen LogP contribution in [0.2, 0.25) is 5.02 Å². The molecule has 0 unspecified atom stereocenters. The van der Waals surface area contributed by atoms with Crippen molar-refractivity contribution < 1.29 is 4.79 Å². The Hall–Kier alpha value is -2.86. The number of benzene rings is 1. The van der Waals surface area contributed by atoms with Crippen molar-refractivity contribution in [3.8, 4) is 0 Å². The van der Waals surface area contributed by atoms with Crippen LogP contribution < -0.4 is 16.5 Å². The first kappa shape index (κ1) is 22.4. The van der Waals surface area contributed by atoms with Crippen LogP contribution in [0.4, 0.5) is 5.69 Å². The van der Waals surface area contributed by atoms with Crippen LogP contribution in [0.15, 0.2) is 63.8 Å². The maximum atomic E-state index is 12.7. The molecule has 29 heavy (non-hydrogen) atoms. The number of amides is 1. The van der Waals surface area contributed by atoms with Crippen LogP contribution in [0, 0.1) is 0 Å². The molecule has 154 valence electrons. The van der Waals surface area contributed by atoms with Crippen LogP contribution in [0.1, 0.15) is 44.0 Å². The Morgan fingerprint density at radius 2 is 2.00 bits per heavy atom. The fraction of sp³-hybridized carbons (Fsp3) is 0.318. The molecule has 1 heterocycles. The molecule has 0 atom stereocenters. The van der Waals surface area contributed by atoms with Gasteiger partial charge >= 0.3 is 0 Å². The van der Waals surface area contributed by atoms with Crippen LogP contribution in [-0.4, -0.2) is 22.9 Å². The van der Waals surface area contributed by atoms with Crippen molar-refractivity contribution in [2.75, 3.05) is 6.54 Å². The number of amidine groups is 1. The lowest BCUT2D eigenvalue weighted by Gasteiger charge is -2.09. The third kappa shape index (κ3) is 6.61. The van der Waals surface area contributed by atoms with Crippen LogP contribution in [0.5, 0.6) is 0 Å². The SMILES string of the molecule is CCC(C)=C(C)N=c1c(C(=O)NCCC(N)=Nc2cccc(Cl)c2)cccn1C. The molecule has 0 aliphatic rings. The maximum absolute atomic E-state index is 12.7. The first-order valence-electron chi connectivity index (χ1n) is 9.55. The number of carbonyl (C=O) groups is 1. The third-order valence-corrected chi connectivity index (χ3v) is 4.80. The average Bonchev–Trinajstić information content (AvgIpc) is 2.68. The predicted molar refractivity (Wildman–Crippen MR) is 119 cm³/mol. The summed E-state index contributed by atoms with van der Waals surface area (Å²) < 4.78 is 1.84. The molecule has 0 bridgehead atoms. The molecule has 2 aromatic rings. The van der Waals surface area contributed by atoms with E-state index in [4.69, 9.17) is 17.3 Å². The topological polar surface area (TPSA) is 84.8 Å². The van der Waals surface area contributed by atoms with Gasteiger partial charge < -0.3 is 15.6 Å². The molecule has 1 aromatic carbocycles. The van der Waals surface area contributed by atoms with E-state index in [-0.39, 0.29) is 5.91 Å². The number of allylic oxidation sites excluding steroid dienone is 2. The van der Waals surface area contributed by atoms with E-state index in [0.29, 0.717) is 40.6 Å². The van der Waals surface area contributed by atoms with Gasteiger partial charge in [-0.05, 0) is 50.6 Å². The van der Waals surface area contributed by atoms with Crippen LogP contribution >= 0.6 is 11.6 Å². The van der Waals surface area contributed by atoms with Gasteiger partial charge in [-0.3, -0.25) is 4.79 Å². The number of halogens is 1. The fourth-order valence-corrected chi connectivity index (χ4v) is 2.78. The highest BCUT2D eigenvalue weighted by atomic mass is 35.5. The number of hydrogen-bond acceptors (Lipinski definition) is 3. The highest BCUT2D eigenvalue weighted by molar-refractivity contribution is 6.30. The smallest absolute Gasteiger partial charge is 0.255 e. The van der Waals surface area contributed by atoms with Gasteiger partial charge in [-0.1, -0.05) is 30.2 Å². The number of nitrogens with one attached hydrogen (secondary N) is 1. The number of nitrogens with zero attached hydrogens (tertiary/aromatic N) is 3. The molecule has 0 aliphatic carbocycles. The standard InChI is InChI=1S/C22H28ClN5O/c1-5-15(2)16(3)26-21-19(10-7-13-28(21)4)22(29)25-12-11-20(24)27-18-9-6-8-17(23)14-18/h6-10,13-14H,5,11-12H2,1-4H3,(H2,24,27)(H,25,29). The van der Waals surface area contributed by atoms with Crippen molar-refractivity contribution >= 4 is 29.0 Å². The third-order valence-electron chi connectivity index (χ3n) is 4.56. The van der Waals surface area contributed by atoms with Crippen LogP contribution in [-0.2, 0) is 7.05 Å². The van der Waals surface area contributed by atoms with E-state index in [0.717, 1.165) is 12.1 Å². The van der Waals surface area contributed by atoms with Gasteiger partial charge in [-0.25, -0.2) is 9.98 Å². The van der Waals surface area contributed by atoms with Gasteiger partial charge in [0.1, 0.15) is 11.3 Å². The number of rotatable bonds is 7. The average molecular weight is 414 g/mol. The summed E-state index contributed by atoms with van der Waals surface area (Å²) in [6.07, 6.45) is 3.22. The molecule has 3 N–H and O–H groups in total. The van der Waals surface area contributed by atoms with Crippen molar-refractivity contribution in [2.24, 2.45) is 22.8 Å². The minimum Gasteiger partial charge on any atom is -0.387 e. The van der Waals surface area contributed by atoms with E-state index in [2.05, 4.69) is 22.2 Å². The molecular weight excluding hydrogens is 386 g/mol. The van der Waals surface area contributed by atoms with Gasteiger partial charge in [0, 0.05) is 36.9 Å². The molecule has 6 nitrogen and oxygen atoms in total. The van der Waals surface area contributed by atoms with Crippen LogP contribution in [0.3, 0.4) is 0 Å². The summed E-state index contributed by atoms with van der Waals surface area (Å²) in [4.78, 5) is 21.7. The second-order valence-electron chi connectivity index (χ2n) is 6.78. The van der Waals surface area contributed by atoms with E-state index in [1.165, 1.54) is 5.57 Å². The Bertz CT molecular complexity index is 1000. The summed E-state index contributed by atoms with van der Waals surface area (Å²) in [5, 5.41) is 3.50. The molecule has 0 saturated carbocycles. The zero-order chi connectivity index (χ0) is 21.4. The molecule has 1 aromatic heterocycles. The second kappa shape index (κ2) is 10.6. The number of hydrogen-bond donors (Lipinski definition) is 2. The Kier molecular flexibility index (Phi) is 8.21. The Balaban J connectivity index is 2.12. The van der Waals surface area contributed by atoms with E-state index in [1.807, 2.05) is 49.9 Å². The van der Waals surface area contributed by atoms with Gasteiger partial charge in [0.25, 0.3) is 5.91 Å². The van der Waals surface area contributed by atoms with Crippen molar-refractivity contribution in [3.63, 3.8) is 0 Å². The Morgan fingerprint density at radius 3 is 2.69 bits per heavy atom.